The summed E-state index contributed by atoms with van der Waals surface area (Å²) in [5, 5.41) is 0. The number of carbonyl (C=O) groups is 1. The molecule has 1 atom stereocenters. The van der Waals surface area contributed by atoms with Gasteiger partial charge >= 0.3 is 0 Å². The van der Waals surface area contributed by atoms with E-state index in [4.69, 9.17) is 10.5 Å². The van der Waals surface area contributed by atoms with Crippen LogP contribution in [0.3, 0.4) is 0 Å². The van der Waals surface area contributed by atoms with Gasteiger partial charge in [-0.2, -0.15) is 0 Å². The molecule has 0 saturated heterocycles. The van der Waals surface area contributed by atoms with Gasteiger partial charge in [0.15, 0.2) is 5.78 Å². The number of hydrogen-bond acceptors (Lipinski definition) is 3. The van der Waals surface area contributed by atoms with E-state index in [9.17, 15) is 4.79 Å². The molecule has 1 aromatic carbocycles. The van der Waals surface area contributed by atoms with Crippen LogP contribution in [0.4, 0.5) is 5.69 Å². The number of nitrogen functional groups attached to an aromatic ring is 1. The number of hydrogen-bond donors (Lipinski definition) is 1. The summed E-state index contributed by atoms with van der Waals surface area (Å²) in [4.78, 5) is 11.3. The van der Waals surface area contributed by atoms with Crippen molar-refractivity contribution in [1.82, 2.24) is 0 Å². The van der Waals surface area contributed by atoms with E-state index in [1.165, 1.54) is 6.92 Å². The summed E-state index contributed by atoms with van der Waals surface area (Å²) in [5.41, 5.74) is 6.76. The van der Waals surface area contributed by atoms with Gasteiger partial charge in [0.25, 0.3) is 0 Å². The maximum atomic E-state index is 11.3. The van der Waals surface area contributed by atoms with E-state index in [0.717, 1.165) is 12.8 Å². The van der Waals surface area contributed by atoms with E-state index in [1.807, 2.05) is 0 Å². The maximum Gasteiger partial charge on any atom is 0.162 e. The Bertz CT molecular complexity index is 388. The van der Waals surface area contributed by atoms with Gasteiger partial charge in [0, 0.05) is 11.3 Å². The minimum absolute atomic E-state index is 0.0328. The van der Waals surface area contributed by atoms with Crippen molar-refractivity contribution >= 4 is 11.5 Å². The van der Waals surface area contributed by atoms with Crippen molar-refractivity contribution in [2.75, 3.05) is 12.3 Å². The van der Waals surface area contributed by atoms with Gasteiger partial charge in [-0.1, -0.05) is 20.3 Å². The fourth-order valence-electron chi connectivity index (χ4n) is 1.74. The van der Waals surface area contributed by atoms with Gasteiger partial charge in [0.1, 0.15) is 5.75 Å². The van der Waals surface area contributed by atoms with Crippen LogP contribution in [-0.4, -0.2) is 12.4 Å². The van der Waals surface area contributed by atoms with Crippen molar-refractivity contribution in [2.24, 2.45) is 5.92 Å². The summed E-state index contributed by atoms with van der Waals surface area (Å²) in [5.74, 6) is 1.21. The molecule has 3 heteroatoms. The van der Waals surface area contributed by atoms with Gasteiger partial charge in [-0.05, 0) is 37.5 Å². The lowest BCUT2D eigenvalue weighted by Gasteiger charge is -2.13. The molecule has 0 radical (unpaired) electrons. The minimum Gasteiger partial charge on any atom is -0.493 e. The van der Waals surface area contributed by atoms with Gasteiger partial charge in [-0.25, -0.2) is 0 Å². The van der Waals surface area contributed by atoms with Crippen molar-refractivity contribution in [3.63, 3.8) is 0 Å². The third-order valence-electron chi connectivity index (χ3n) is 2.72. The Morgan fingerprint density at radius 3 is 2.76 bits per heavy atom. The first kappa shape index (κ1) is 13.6. The molecule has 1 unspecified atom stereocenters. The molecule has 0 heterocycles. The quantitative estimate of drug-likeness (QED) is 0.608. The molecular formula is C14H21NO2. The lowest BCUT2D eigenvalue weighted by atomic mass is 10.1. The molecule has 0 bridgehead atoms. The monoisotopic (exact) mass is 235 g/mol. The second-order valence-electron chi connectivity index (χ2n) is 4.51. The molecule has 17 heavy (non-hydrogen) atoms. The molecule has 0 aromatic heterocycles. The zero-order chi connectivity index (χ0) is 12.8. The van der Waals surface area contributed by atoms with Crippen LogP contribution in [0, 0.1) is 5.92 Å². The first-order chi connectivity index (χ1) is 8.04. The Morgan fingerprint density at radius 1 is 1.47 bits per heavy atom. The Balaban J connectivity index is 2.66. The highest BCUT2D eigenvalue weighted by Gasteiger charge is 2.07. The predicted octanol–water partition coefficient (Wildman–Crippen LogP) is 3.29. The molecule has 3 nitrogen and oxygen atoms in total. The van der Waals surface area contributed by atoms with E-state index in [2.05, 4.69) is 13.8 Å². The smallest absolute Gasteiger partial charge is 0.162 e. The van der Waals surface area contributed by atoms with E-state index < -0.39 is 0 Å². The average molecular weight is 235 g/mol. The molecule has 0 amide bonds. The van der Waals surface area contributed by atoms with Crippen LogP contribution in [0.25, 0.3) is 0 Å². The number of nitrogens with two attached hydrogens (primary N) is 1. The molecule has 1 aromatic rings. The van der Waals surface area contributed by atoms with Gasteiger partial charge in [-0.15, -0.1) is 0 Å². The van der Waals surface area contributed by atoms with Gasteiger partial charge < -0.3 is 10.5 Å². The maximum absolute atomic E-state index is 11.3. The first-order valence-electron chi connectivity index (χ1n) is 6.07. The normalized spacial score (nSPS) is 12.2. The molecule has 0 aliphatic heterocycles. The van der Waals surface area contributed by atoms with Crippen molar-refractivity contribution in [1.29, 1.82) is 0 Å². The Morgan fingerprint density at radius 2 is 2.18 bits per heavy atom. The average Bonchev–Trinajstić information content (AvgIpc) is 2.28. The molecule has 0 saturated carbocycles. The lowest BCUT2D eigenvalue weighted by molar-refractivity contribution is 0.101. The van der Waals surface area contributed by atoms with Gasteiger partial charge in [0.2, 0.25) is 0 Å². The Kier molecular flexibility index (Phi) is 5.01. The van der Waals surface area contributed by atoms with Crippen molar-refractivity contribution < 1.29 is 9.53 Å². The number of carbonyl (C=O) groups excluding carboxylic acids is 1. The number of anilines is 1. The fraction of sp³-hybridized carbons (Fsp3) is 0.500. The summed E-state index contributed by atoms with van der Waals surface area (Å²) in [7, 11) is 0. The number of rotatable bonds is 6. The van der Waals surface area contributed by atoms with Crippen LogP contribution in [0.5, 0.6) is 5.75 Å². The third-order valence-corrected chi connectivity index (χ3v) is 2.72. The van der Waals surface area contributed by atoms with Crippen LogP contribution in [0.15, 0.2) is 18.2 Å². The molecule has 0 spiro atoms. The highest BCUT2D eigenvalue weighted by Crippen LogP contribution is 2.21. The SMILES string of the molecule is CCCC(C)COc1ccc(N)c(C(C)=O)c1. The molecule has 94 valence electrons. The van der Waals surface area contributed by atoms with Crippen LogP contribution in [0.1, 0.15) is 44.0 Å². The number of ether oxygens (including phenoxy) is 1. The lowest BCUT2D eigenvalue weighted by Crippen LogP contribution is -2.09. The van der Waals surface area contributed by atoms with Crippen molar-refractivity contribution in [2.45, 2.75) is 33.6 Å². The summed E-state index contributed by atoms with van der Waals surface area (Å²) in [6, 6.07) is 5.24. The Labute approximate surface area is 103 Å². The standard InChI is InChI=1S/C14H21NO2/c1-4-5-10(2)9-17-12-6-7-14(15)13(8-12)11(3)16/h6-8,10H,4-5,9,15H2,1-3H3. The molecule has 1 rings (SSSR count). The number of benzene rings is 1. The van der Waals surface area contributed by atoms with Gasteiger partial charge in [-0.3, -0.25) is 4.79 Å². The first-order valence-corrected chi connectivity index (χ1v) is 6.07. The van der Waals surface area contributed by atoms with Crippen molar-refractivity contribution in [3.05, 3.63) is 23.8 Å². The highest BCUT2D eigenvalue weighted by molar-refractivity contribution is 5.99. The van der Waals surface area contributed by atoms with E-state index in [1.54, 1.807) is 18.2 Å². The summed E-state index contributed by atoms with van der Waals surface area (Å²) in [6.07, 6.45) is 2.31. The fourth-order valence-corrected chi connectivity index (χ4v) is 1.74. The zero-order valence-electron chi connectivity index (χ0n) is 10.8. The number of Topliss-reactive ketones (excluding diaryl/α,β-unsaturated/α-hetero) is 1. The van der Waals surface area contributed by atoms with E-state index >= 15 is 0 Å². The summed E-state index contributed by atoms with van der Waals surface area (Å²) < 4.78 is 5.66. The third kappa shape index (κ3) is 4.10. The molecular weight excluding hydrogens is 214 g/mol. The Hall–Kier alpha value is -1.51. The molecule has 0 aliphatic rings. The second-order valence-corrected chi connectivity index (χ2v) is 4.51. The molecule has 2 N–H and O–H groups in total. The summed E-state index contributed by atoms with van der Waals surface area (Å²) >= 11 is 0. The highest BCUT2D eigenvalue weighted by atomic mass is 16.5. The zero-order valence-corrected chi connectivity index (χ0v) is 10.8. The predicted molar refractivity (Wildman–Crippen MR) is 70.4 cm³/mol. The summed E-state index contributed by atoms with van der Waals surface area (Å²) in [6.45, 7) is 6.50. The van der Waals surface area contributed by atoms with Crippen LogP contribution in [-0.2, 0) is 0 Å². The van der Waals surface area contributed by atoms with Crippen molar-refractivity contribution in [3.8, 4) is 5.75 Å². The topological polar surface area (TPSA) is 52.3 Å². The van der Waals surface area contributed by atoms with Crippen LogP contribution in [0.2, 0.25) is 0 Å². The molecule has 0 fully saturated rings. The minimum atomic E-state index is -0.0328. The molecule has 0 aliphatic carbocycles. The van der Waals surface area contributed by atoms with Crippen LogP contribution >= 0.6 is 0 Å². The van der Waals surface area contributed by atoms with E-state index in [-0.39, 0.29) is 5.78 Å². The van der Waals surface area contributed by atoms with E-state index in [0.29, 0.717) is 29.5 Å². The second kappa shape index (κ2) is 6.28. The van der Waals surface area contributed by atoms with Gasteiger partial charge in [0.05, 0.1) is 6.61 Å². The largest absolute Gasteiger partial charge is 0.493 e. The number of ketones is 1. The van der Waals surface area contributed by atoms with Crippen LogP contribution < -0.4 is 10.5 Å².